The molecule has 0 aliphatic carbocycles. The van der Waals surface area contributed by atoms with Gasteiger partial charge in [-0.05, 0) is 19.9 Å². The summed E-state index contributed by atoms with van der Waals surface area (Å²) in [7, 11) is 0. The molecule has 6 nitrogen and oxygen atoms in total. The highest BCUT2D eigenvalue weighted by Gasteiger charge is 2.63. The SMILES string of the molecule is CC1=NN(C(=O)[C@@H](C)Cn2nc(C(F)(F)F)cc2C)[C@@](O)(C(F)(F)F)C1. The minimum absolute atomic E-state index is 0.0451. The predicted molar refractivity (Wildman–Crippen MR) is 76.7 cm³/mol. The Labute approximate surface area is 144 Å². The number of aliphatic hydroxyl groups is 1. The monoisotopic (exact) mass is 386 g/mol. The van der Waals surface area contributed by atoms with Gasteiger partial charge in [-0.15, -0.1) is 0 Å². The molecule has 0 spiro atoms. The van der Waals surface area contributed by atoms with Gasteiger partial charge in [0.2, 0.25) is 5.91 Å². The van der Waals surface area contributed by atoms with Crippen LogP contribution in [-0.2, 0) is 17.5 Å². The van der Waals surface area contributed by atoms with Gasteiger partial charge < -0.3 is 5.11 Å². The molecule has 2 heterocycles. The molecule has 1 amide bonds. The second kappa shape index (κ2) is 6.25. The van der Waals surface area contributed by atoms with Crippen molar-refractivity contribution in [1.82, 2.24) is 14.8 Å². The zero-order valence-electron chi connectivity index (χ0n) is 14.0. The van der Waals surface area contributed by atoms with Crippen molar-refractivity contribution in [3.05, 3.63) is 17.5 Å². The Morgan fingerprint density at radius 1 is 1.31 bits per heavy atom. The molecular weight excluding hydrogens is 370 g/mol. The van der Waals surface area contributed by atoms with Crippen LogP contribution in [0.4, 0.5) is 26.3 Å². The first-order valence-corrected chi connectivity index (χ1v) is 7.45. The summed E-state index contributed by atoms with van der Waals surface area (Å²) in [5.74, 6) is -2.39. The molecule has 12 heteroatoms. The zero-order valence-corrected chi connectivity index (χ0v) is 14.0. The van der Waals surface area contributed by atoms with E-state index in [0.717, 1.165) is 10.7 Å². The average molecular weight is 386 g/mol. The maximum absolute atomic E-state index is 13.2. The molecule has 1 aliphatic heterocycles. The lowest BCUT2D eigenvalue weighted by molar-refractivity contribution is -0.303. The number of carbonyl (C=O) groups is 1. The van der Waals surface area contributed by atoms with Gasteiger partial charge in [0, 0.05) is 17.8 Å². The minimum Gasteiger partial charge on any atom is -0.362 e. The van der Waals surface area contributed by atoms with E-state index in [1.807, 2.05) is 0 Å². The summed E-state index contributed by atoms with van der Waals surface area (Å²) < 4.78 is 78.4. The number of aryl methyl sites for hydroxylation is 1. The fourth-order valence-corrected chi connectivity index (χ4v) is 2.55. The van der Waals surface area contributed by atoms with Gasteiger partial charge in [-0.1, -0.05) is 6.92 Å². The largest absolute Gasteiger partial charge is 0.438 e. The number of aromatic nitrogens is 2. The number of carbonyl (C=O) groups excluding carboxylic acids is 1. The Morgan fingerprint density at radius 3 is 2.35 bits per heavy atom. The lowest BCUT2D eigenvalue weighted by Gasteiger charge is -2.34. The van der Waals surface area contributed by atoms with E-state index in [1.54, 1.807) is 0 Å². The van der Waals surface area contributed by atoms with Crippen molar-refractivity contribution in [3.8, 4) is 0 Å². The molecule has 2 rings (SSSR count). The molecule has 0 saturated heterocycles. The van der Waals surface area contributed by atoms with Crippen molar-refractivity contribution in [2.24, 2.45) is 11.0 Å². The highest BCUT2D eigenvalue weighted by molar-refractivity contribution is 5.89. The quantitative estimate of drug-likeness (QED) is 0.812. The summed E-state index contributed by atoms with van der Waals surface area (Å²) in [5, 5.41) is 16.6. The number of alkyl halides is 6. The lowest BCUT2D eigenvalue weighted by atomic mass is 10.0. The smallest absolute Gasteiger partial charge is 0.362 e. The van der Waals surface area contributed by atoms with Crippen molar-refractivity contribution < 1.29 is 36.2 Å². The molecule has 0 bridgehead atoms. The molecule has 1 aromatic heterocycles. The number of halogens is 6. The third kappa shape index (κ3) is 3.55. The number of rotatable bonds is 3. The number of amides is 1. The fraction of sp³-hybridized carbons (Fsp3) is 0.643. The molecule has 0 saturated carbocycles. The number of hydrazone groups is 1. The third-order valence-corrected chi connectivity index (χ3v) is 3.93. The van der Waals surface area contributed by atoms with Gasteiger partial charge in [0.05, 0.1) is 12.5 Å². The number of hydrogen-bond acceptors (Lipinski definition) is 4. The zero-order chi connectivity index (χ0) is 20.1. The van der Waals surface area contributed by atoms with E-state index in [1.165, 1.54) is 20.8 Å². The van der Waals surface area contributed by atoms with Gasteiger partial charge in [0.25, 0.3) is 5.72 Å². The summed E-state index contributed by atoms with van der Waals surface area (Å²) in [4.78, 5) is 12.4. The van der Waals surface area contributed by atoms with Crippen LogP contribution in [-0.4, -0.2) is 43.4 Å². The van der Waals surface area contributed by atoms with E-state index >= 15 is 0 Å². The molecule has 0 fully saturated rings. The van der Waals surface area contributed by atoms with Gasteiger partial charge in [-0.3, -0.25) is 9.48 Å². The predicted octanol–water partition coefficient (Wildman–Crippen LogP) is 2.71. The van der Waals surface area contributed by atoms with E-state index < -0.39 is 48.6 Å². The number of hydrogen-bond donors (Lipinski definition) is 1. The molecule has 146 valence electrons. The van der Waals surface area contributed by atoms with E-state index in [-0.39, 0.29) is 16.4 Å². The van der Waals surface area contributed by atoms with Crippen LogP contribution in [0.3, 0.4) is 0 Å². The average Bonchev–Trinajstić information content (AvgIpc) is 2.98. The van der Waals surface area contributed by atoms with Crippen molar-refractivity contribution in [1.29, 1.82) is 0 Å². The van der Waals surface area contributed by atoms with Crippen LogP contribution in [0.1, 0.15) is 31.7 Å². The molecular formula is C14H16F6N4O2. The highest BCUT2D eigenvalue weighted by atomic mass is 19.4. The van der Waals surface area contributed by atoms with Crippen LogP contribution in [0.5, 0.6) is 0 Å². The first kappa shape index (κ1) is 20.2. The topological polar surface area (TPSA) is 70.7 Å². The van der Waals surface area contributed by atoms with Crippen LogP contribution in [0.25, 0.3) is 0 Å². The summed E-state index contributed by atoms with van der Waals surface area (Å²) >= 11 is 0. The van der Waals surface area contributed by atoms with Crippen molar-refractivity contribution in [2.45, 2.75) is 51.8 Å². The third-order valence-electron chi connectivity index (χ3n) is 3.93. The summed E-state index contributed by atoms with van der Waals surface area (Å²) in [5.41, 5.74) is -4.65. The Bertz CT molecular complexity index is 739. The van der Waals surface area contributed by atoms with Crippen molar-refractivity contribution in [2.75, 3.05) is 0 Å². The van der Waals surface area contributed by atoms with E-state index in [4.69, 9.17) is 0 Å². The minimum atomic E-state index is -5.14. The first-order chi connectivity index (χ1) is 11.7. The summed E-state index contributed by atoms with van der Waals surface area (Å²) in [6.07, 6.45) is -10.7. The van der Waals surface area contributed by atoms with Crippen LogP contribution < -0.4 is 0 Å². The van der Waals surface area contributed by atoms with Gasteiger partial charge in [-0.2, -0.15) is 41.6 Å². The molecule has 1 aromatic rings. The van der Waals surface area contributed by atoms with Crippen LogP contribution >= 0.6 is 0 Å². The molecule has 26 heavy (non-hydrogen) atoms. The van der Waals surface area contributed by atoms with Crippen molar-refractivity contribution in [3.63, 3.8) is 0 Å². The lowest BCUT2D eigenvalue weighted by Crippen LogP contribution is -2.57. The van der Waals surface area contributed by atoms with Gasteiger partial charge in [0.1, 0.15) is 0 Å². The first-order valence-electron chi connectivity index (χ1n) is 7.45. The molecule has 1 N–H and O–H groups in total. The molecule has 0 aromatic carbocycles. The van der Waals surface area contributed by atoms with E-state index in [0.29, 0.717) is 0 Å². The Hall–Kier alpha value is -2.11. The fourth-order valence-electron chi connectivity index (χ4n) is 2.55. The molecule has 0 unspecified atom stereocenters. The summed E-state index contributed by atoms with van der Waals surface area (Å²) in [6.45, 7) is 3.36. The Morgan fingerprint density at radius 2 is 1.88 bits per heavy atom. The van der Waals surface area contributed by atoms with Crippen LogP contribution in [0.2, 0.25) is 0 Å². The maximum Gasteiger partial charge on any atom is 0.438 e. The number of nitrogens with zero attached hydrogens (tertiary/aromatic N) is 4. The van der Waals surface area contributed by atoms with Crippen LogP contribution in [0, 0.1) is 12.8 Å². The van der Waals surface area contributed by atoms with Gasteiger partial charge >= 0.3 is 12.4 Å². The van der Waals surface area contributed by atoms with Crippen molar-refractivity contribution >= 4 is 11.6 Å². The molecule has 2 atom stereocenters. The normalized spacial score (nSPS) is 22.5. The molecule has 0 radical (unpaired) electrons. The standard InChI is InChI=1S/C14H16F6N4O2/c1-7(6-23-9(3)4-10(22-23)13(15,16)17)11(25)24-12(26,14(18,19)20)5-8(2)21-24/h4,7,26H,5-6H2,1-3H3/t7-,12-/m0/s1. The summed E-state index contributed by atoms with van der Waals surface area (Å²) in [6, 6.07) is 0.765. The maximum atomic E-state index is 13.2. The molecule has 1 aliphatic rings. The van der Waals surface area contributed by atoms with Gasteiger partial charge in [-0.25, -0.2) is 0 Å². The second-order valence-electron chi connectivity index (χ2n) is 6.23. The van der Waals surface area contributed by atoms with E-state index in [9.17, 15) is 36.2 Å². The van der Waals surface area contributed by atoms with E-state index in [2.05, 4.69) is 10.2 Å². The highest BCUT2D eigenvalue weighted by Crippen LogP contribution is 2.41. The Balaban J connectivity index is 2.24. The Kier molecular flexibility index (Phi) is 4.86. The van der Waals surface area contributed by atoms with Crippen LogP contribution in [0.15, 0.2) is 11.2 Å². The van der Waals surface area contributed by atoms with Gasteiger partial charge in [0.15, 0.2) is 5.69 Å². The second-order valence-corrected chi connectivity index (χ2v) is 6.23.